The van der Waals surface area contributed by atoms with Crippen LogP contribution >= 0.6 is 0 Å². The van der Waals surface area contributed by atoms with Crippen LogP contribution in [0.4, 0.5) is 0 Å². The largest absolute Gasteiger partial charge is 0.349 e. The molecule has 0 amide bonds. The van der Waals surface area contributed by atoms with Crippen molar-refractivity contribution in [2.75, 3.05) is 13.6 Å². The van der Waals surface area contributed by atoms with Gasteiger partial charge in [0.15, 0.2) is 0 Å². The van der Waals surface area contributed by atoms with Crippen molar-refractivity contribution in [2.45, 2.75) is 58.1 Å². The van der Waals surface area contributed by atoms with Gasteiger partial charge in [-0.05, 0) is 33.4 Å². The smallest absolute Gasteiger partial charge is 0.244 e. The van der Waals surface area contributed by atoms with E-state index in [1.54, 1.807) is 12.3 Å². The second-order valence-corrected chi connectivity index (χ2v) is 7.08. The third-order valence-corrected chi connectivity index (χ3v) is 5.39. The number of aromatic nitrogens is 1. The monoisotopic (exact) mass is 301 g/mol. The summed E-state index contributed by atoms with van der Waals surface area (Å²) in [5, 5.41) is 3.08. The van der Waals surface area contributed by atoms with Crippen LogP contribution in [0.5, 0.6) is 0 Å². The van der Waals surface area contributed by atoms with Crippen molar-refractivity contribution in [3.8, 4) is 0 Å². The van der Waals surface area contributed by atoms with E-state index in [0.29, 0.717) is 18.0 Å². The maximum atomic E-state index is 12.7. The van der Waals surface area contributed by atoms with Crippen LogP contribution in [0.3, 0.4) is 0 Å². The van der Waals surface area contributed by atoms with Gasteiger partial charge in [0.2, 0.25) is 10.0 Å². The van der Waals surface area contributed by atoms with E-state index in [2.05, 4.69) is 12.2 Å². The number of sulfonamides is 1. The van der Waals surface area contributed by atoms with Crippen LogP contribution in [0.15, 0.2) is 17.2 Å². The Morgan fingerprint density at radius 2 is 2.00 bits per heavy atom. The molecule has 20 heavy (non-hydrogen) atoms. The second kappa shape index (κ2) is 7.24. The molecule has 1 N–H and O–H groups in total. The van der Waals surface area contributed by atoms with Crippen molar-refractivity contribution in [2.24, 2.45) is 0 Å². The number of aryl methyl sites for hydroxylation is 1. The molecule has 1 rings (SSSR count). The van der Waals surface area contributed by atoms with Gasteiger partial charge in [0.1, 0.15) is 4.90 Å². The van der Waals surface area contributed by atoms with Gasteiger partial charge in [0.25, 0.3) is 0 Å². The zero-order valence-electron chi connectivity index (χ0n) is 13.2. The van der Waals surface area contributed by atoms with Crippen LogP contribution in [0.2, 0.25) is 0 Å². The highest BCUT2D eigenvalue weighted by Crippen LogP contribution is 2.21. The molecule has 0 saturated carbocycles. The first-order chi connectivity index (χ1) is 9.38. The highest BCUT2D eigenvalue weighted by Gasteiger charge is 2.27. The molecule has 0 spiro atoms. The Morgan fingerprint density at radius 1 is 1.35 bits per heavy atom. The molecule has 0 saturated heterocycles. The predicted molar refractivity (Wildman–Crippen MR) is 82.2 cm³/mol. The van der Waals surface area contributed by atoms with E-state index >= 15 is 0 Å². The molecule has 6 heteroatoms. The zero-order valence-corrected chi connectivity index (χ0v) is 14.0. The van der Waals surface area contributed by atoms with Gasteiger partial charge >= 0.3 is 0 Å². The molecule has 0 aliphatic rings. The Labute approximate surface area is 123 Å². The van der Waals surface area contributed by atoms with Gasteiger partial charge in [-0.1, -0.05) is 13.8 Å². The van der Waals surface area contributed by atoms with Crippen LogP contribution in [-0.2, 0) is 23.1 Å². The maximum absolute atomic E-state index is 12.7. The van der Waals surface area contributed by atoms with Crippen molar-refractivity contribution in [1.29, 1.82) is 0 Å². The van der Waals surface area contributed by atoms with Gasteiger partial charge in [-0.3, -0.25) is 0 Å². The molecular formula is C14H27N3O2S. The van der Waals surface area contributed by atoms with E-state index < -0.39 is 10.0 Å². The predicted octanol–water partition coefficient (Wildman–Crippen LogP) is 2.04. The number of hydrogen-bond donors (Lipinski definition) is 1. The Kier molecular flexibility index (Phi) is 6.23. The summed E-state index contributed by atoms with van der Waals surface area (Å²) in [6.07, 6.45) is 2.74. The third kappa shape index (κ3) is 3.62. The molecule has 0 radical (unpaired) electrons. The van der Waals surface area contributed by atoms with Crippen molar-refractivity contribution in [1.82, 2.24) is 14.2 Å². The molecule has 1 heterocycles. The van der Waals surface area contributed by atoms with Gasteiger partial charge in [-0.15, -0.1) is 0 Å². The summed E-state index contributed by atoms with van der Waals surface area (Å²) in [7, 11) is -1.54. The molecule has 1 aromatic heterocycles. The summed E-state index contributed by atoms with van der Waals surface area (Å²) in [4.78, 5) is 0.395. The van der Waals surface area contributed by atoms with Crippen LogP contribution < -0.4 is 5.32 Å². The minimum absolute atomic E-state index is 0.0349. The van der Waals surface area contributed by atoms with Crippen molar-refractivity contribution in [3.05, 3.63) is 18.0 Å². The summed E-state index contributed by atoms with van der Waals surface area (Å²) in [6.45, 7) is 9.75. The van der Waals surface area contributed by atoms with Crippen LogP contribution in [-0.4, -0.2) is 36.9 Å². The molecule has 0 aromatic carbocycles. The lowest BCUT2D eigenvalue weighted by atomic mass is 10.4. The fourth-order valence-corrected chi connectivity index (χ4v) is 4.10. The lowest BCUT2D eigenvalue weighted by molar-refractivity contribution is 0.369. The Hall–Kier alpha value is -0.850. The molecule has 5 nitrogen and oxygen atoms in total. The summed E-state index contributed by atoms with van der Waals surface area (Å²) in [5.41, 5.74) is 1.01. The van der Waals surface area contributed by atoms with E-state index in [0.717, 1.165) is 18.7 Å². The highest BCUT2D eigenvalue weighted by molar-refractivity contribution is 7.89. The lowest BCUT2D eigenvalue weighted by Gasteiger charge is -2.23. The molecule has 0 atom stereocenters. The molecule has 1 aromatic rings. The fourth-order valence-electron chi connectivity index (χ4n) is 2.39. The summed E-state index contributed by atoms with van der Waals surface area (Å²) in [5.74, 6) is 0. The molecule has 0 unspecified atom stereocenters. The van der Waals surface area contributed by atoms with Gasteiger partial charge in [-0.25, -0.2) is 8.42 Å². The number of nitrogens with zero attached hydrogens (tertiary/aromatic N) is 2. The zero-order chi connectivity index (χ0) is 15.3. The second-order valence-electron chi connectivity index (χ2n) is 5.19. The molecule has 0 aliphatic carbocycles. The van der Waals surface area contributed by atoms with E-state index in [1.165, 1.54) is 4.31 Å². The Morgan fingerprint density at radius 3 is 2.45 bits per heavy atom. The summed E-state index contributed by atoms with van der Waals surface area (Å²) >= 11 is 0. The van der Waals surface area contributed by atoms with Gasteiger partial charge in [-0.2, -0.15) is 4.31 Å². The Balaban J connectivity index is 3.21. The van der Waals surface area contributed by atoms with Crippen molar-refractivity contribution in [3.63, 3.8) is 0 Å². The first-order valence-corrected chi connectivity index (χ1v) is 8.67. The SMILES string of the molecule is CCCn1cc(S(=O)(=O)N(CC)C(C)C)cc1CNC. The van der Waals surface area contributed by atoms with E-state index in [4.69, 9.17) is 0 Å². The normalized spacial score (nSPS) is 12.6. The average Bonchev–Trinajstić information content (AvgIpc) is 2.74. The van der Waals surface area contributed by atoms with E-state index in [1.807, 2.05) is 32.4 Å². The van der Waals surface area contributed by atoms with Gasteiger partial charge in [0, 0.05) is 37.6 Å². The van der Waals surface area contributed by atoms with Crippen LogP contribution in [0.25, 0.3) is 0 Å². The standard InChI is InChI=1S/C14H27N3O2S/c1-6-8-16-11-14(9-13(16)10-15-5)20(18,19)17(7-2)12(3)4/h9,11-12,15H,6-8,10H2,1-5H3. The quantitative estimate of drug-likeness (QED) is 0.799. The van der Waals surface area contributed by atoms with E-state index in [9.17, 15) is 8.42 Å². The molecule has 0 aliphatic heterocycles. The molecule has 0 bridgehead atoms. The summed E-state index contributed by atoms with van der Waals surface area (Å²) < 4.78 is 28.9. The minimum Gasteiger partial charge on any atom is -0.349 e. The highest BCUT2D eigenvalue weighted by atomic mass is 32.2. The number of rotatable bonds is 8. The Bertz CT molecular complexity index is 497. The van der Waals surface area contributed by atoms with Crippen molar-refractivity contribution < 1.29 is 8.42 Å². The van der Waals surface area contributed by atoms with Crippen LogP contribution in [0.1, 0.15) is 39.8 Å². The number of nitrogens with one attached hydrogen (secondary N) is 1. The first-order valence-electron chi connectivity index (χ1n) is 7.23. The third-order valence-electron chi connectivity index (χ3n) is 3.28. The van der Waals surface area contributed by atoms with Crippen LogP contribution in [0, 0.1) is 0 Å². The summed E-state index contributed by atoms with van der Waals surface area (Å²) in [6, 6.07) is 1.75. The lowest BCUT2D eigenvalue weighted by Crippen LogP contribution is -2.36. The molecule has 116 valence electrons. The average molecular weight is 301 g/mol. The molecule has 0 fully saturated rings. The first kappa shape index (κ1) is 17.2. The molecular weight excluding hydrogens is 274 g/mol. The van der Waals surface area contributed by atoms with Crippen molar-refractivity contribution >= 4 is 10.0 Å². The maximum Gasteiger partial charge on any atom is 0.244 e. The fraction of sp³-hybridized carbons (Fsp3) is 0.714. The van der Waals surface area contributed by atoms with Gasteiger partial charge < -0.3 is 9.88 Å². The number of hydrogen-bond acceptors (Lipinski definition) is 3. The topological polar surface area (TPSA) is 54.3 Å². The minimum atomic E-state index is -3.40. The van der Waals surface area contributed by atoms with E-state index in [-0.39, 0.29) is 6.04 Å². The van der Waals surface area contributed by atoms with Gasteiger partial charge in [0.05, 0.1) is 0 Å².